The summed E-state index contributed by atoms with van der Waals surface area (Å²) in [5, 5.41) is 2.59. The molecule has 0 spiro atoms. The highest BCUT2D eigenvalue weighted by molar-refractivity contribution is 5.94. The van der Waals surface area contributed by atoms with Gasteiger partial charge in [-0.3, -0.25) is 14.6 Å². The van der Waals surface area contributed by atoms with Gasteiger partial charge in [0, 0.05) is 32.5 Å². The quantitative estimate of drug-likeness (QED) is 0.860. The molecule has 1 N–H and O–H groups in total. The van der Waals surface area contributed by atoms with E-state index in [0.29, 0.717) is 24.5 Å². The Labute approximate surface area is 152 Å². The first-order valence-corrected chi connectivity index (χ1v) is 8.66. The molecule has 2 aromatic heterocycles. The van der Waals surface area contributed by atoms with Crippen molar-refractivity contribution in [3.05, 3.63) is 54.0 Å². The number of pyridine rings is 2. The molecule has 0 aliphatic carbocycles. The number of anilines is 1. The number of nitrogens with zero attached hydrogens (tertiary/aromatic N) is 3. The summed E-state index contributed by atoms with van der Waals surface area (Å²) in [7, 11) is 0. The molecule has 3 heterocycles. The molecular weight excluding hydrogens is 332 g/mol. The Morgan fingerprint density at radius 2 is 2.15 bits per heavy atom. The molecule has 2 amide bonds. The van der Waals surface area contributed by atoms with Gasteiger partial charge >= 0.3 is 0 Å². The van der Waals surface area contributed by atoms with Crippen LogP contribution in [-0.4, -0.2) is 45.9 Å². The molecular formula is C19H22N4O3. The first-order chi connectivity index (χ1) is 12.6. The predicted octanol–water partition coefficient (Wildman–Crippen LogP) is 2.26. The zero-order valence-electron chi connectivity index (χ0n) is 14.7. The fourth-order valence-corrected chi connectivity index (χ4v) is 2.90. The molecule has 0 saturated carbocycles. The van der Waals surface area contributed by atoms with Gasteiger partial charge in [0.25, 0.3) is 5.91 Å². The normalized spacial score (nSPS) is 16.3. The predicted molar refractivity (Wildman–Crippen MR) is 96.5 cm³/mol. The Morgan fingerprint density at radius 1 is 1.27 bits per heavy atom. The summed E-state index contributed by atoms with van der Waals surface area (Å²) >= 11 is 0. The number of carbonyl (C=O) groups is 2. The summed E-state index contributed by atoms with van der Waals surface area (Å²) in [6, 6.07) is 8.94. The van der Waals surface area contributed by atoms with Gasteiger partial charge in [-0.25, -0.2) is 4.98 Å². The van der Waals surface area contributed by atoms with Crippen molar-refractivity contribution in [1.29, 1.82) is 0 Å². The van der Waals surface area contributed by atoms with Gasteiger partial charge in [0.05, 0.1) is 23.9 Å². The van der Waals surface area contributed by atoms with Crippen molar-refractivity contribution in [3.8, 4) is 0 Å². The molecule has 1 aliphatic heterocycles. The zero-order chi connectivity index (χ0) is 18.4. The van der Waals surface area contributed by atoms with E-state index in [-0.39, 0.29) is 17.9 Å². The molecule has 1 aliphatic rings. The number of ether oxygens (including phenoxy) is 1. The van der Waals surface area contributed by atoms with Crippen LogP contribution in [0.4, 0.5) is 5.82 Å². The molecule has 0 unspecified atom stereocenters. The monoisotopic (exact) mass is 354 g/mol. The lowest BCUT2D eigenvalue weighted by molar-refractivity contribution is -0.114. The van der Waals surface area contributed by atoms with Crippen molar-refractivity contribution in [3.63, 3.8) is 0 Å². The maximum Gasteiger partial charge on any atom is 0.255 e. The Hall–Kier alpha value is -2.80. The van der Waals surface area contributed by atoms with E-state index in [1.165, 1.54) is 13.1 Å². The van der Waals surface area contributed by atoms with E-state index in [0.717, 1.165) is 25.1 Å². The van der Waals surface area contributed by atoms with Gasteiger partial charge < -0.3 is 15.0 Å². The third-order valence-electron chi connectivity index (χ3n) is 4.13. The van der Waals surface area contributed by atoms with Crippen LogP contribution in [0.2, 0.25) is 0 Å². The lowest BCUT2D eigenvalue weighted by Gasteiger charge is -2.25. The van der Waals surface area contributed by atoms with Crippen molar-refractivity contribution in [1.82, 2.24) is 14.9 Å². The Balaban J connectivity index is 1.75. The van der Waals surface area contributed by atoms with E-state index in [9.17, 15) is 9.59 Å². The van der Waals surface area contributed by atoms with Crippen molar-refractivity contribution in [2.75, 3.05) is 18.5 Å². The van der Waals surface area contributed by atoms with Crippen molar-refractivity contribution < 1.29 is 14.3 Å². The highest BCUT2D eigenvalue weighted by atomic mass is 16.5. The average molecular weight is 354 g/mol. The fraction of sp³-hybridized carbons (Fsp3) is 0.368. The highest BCUT2D eigenvalue weighted by Crippen LogP contribution is 2.17. The minimum Gasteiger partial charge on any atom is -0.376 e. The molecule has 7 nitrogen and oxygen atoms in total. The molecule has 7 heteroatoms. The van der Waals surface area contributed by atoms with Crippen LogP contribution in [0.3, 0.4) is 0 Å². The number of nitrogens with one attached hydrogen (secondary N) is 1. The highest BCUT2D eigenvalue weighted by Gasteiger charge is 2.24. The van der Waals surface area contributed by atoms with Crippen LogP contribution in [0, 0.1) is 0 Å². The van der Waals surface area contributed by atoms with E-state index in [2.05, 4.69) is 15.3 Å². The summed E-state index contributed by atoms with van der Waals surface area (Å²) in [4.78, 5) is 34.3. The second kappa shape index (κ2) is 8.53. The second-order valence-electron chi connectivity index (χ2n) is 6.26. The number of rotatable bonds is 6. The summed E-state index contributed by atoms with van der Waals surface area (Å²) in [6.45, 7) is 3.08. The minimum atomic E-state index is -0.202. The van der Waals surface area contributed by atoms with E-state index in [1.54, 1.807) is 23.2 Å². The zero-order valence-corrected chi connectivity index (χ0v) is 14.7. The average Bonchev–Trinajstić information content (AvgIpc) is 3.15. The van der Waals surface area contributed by atoms with Crippen molar-refractivity contribution >= 4 is 17.6 Å². The fourth-order valence-electron chi connectivity index (χ4n) is 2.90. The van der Waals surface area contributed by atoms with Crippen LogP contribution in [0.5, 0.6) is 0 Å². The molecule has 0 radical (unpaired) electrons. The first-order valence-electron chi connectivity index (χ1n) is 8.66. The SMILES string of the molecule is CC(=O)Nc1ccc(C(=O)N(Cc2ccccn2)C[C@H]2CCCO2)cn1. The van der Waals surface area contributed by atoms with E-state index in [1.807, 2.05) is 18.2 Å². The number of hydrogen-bond donors (Lipinski definition) is 1. The summed E-state index contributed by atoms with van der Waals surface area (Å²) in [5.41, 5.74) is 1.29. The molecule has 1 fully saturated rings. The summed E-state index contributed by atoms with van der Waals surface area (Å²) in [6.07, 6.45) is 5.21. The van der Waals surface area contributed by atoms with Crippen LogP contribution >= 0.6 is 0 Å². The van der Waals surface area contributed by atoms with Gasteiger partial charge in [0.15, 0.2) is 0 Å². The van der Waals surface area contributed by atoms with Gasteiger partial charge in [-0.15, -0.1) is 0 Å². The van der Waals surface area contributed by atoms with Gasteiger partial charge in [0.2, 0.25) is 5.91 Å². The maximum atomic E-state index is 13.0. The van der Waals surface area contributed by atoms with Crippen LogP contribution < -0.4 is 5.32 Å². The standard InChI is InChI=1S/C19H22N4O3/c1-14(24)22-18-8-7-15(11-21-18)19(25)23(13-17-6-4-10-26-17)12-16-5-2-3-9-20-16/h2-3,5,7-9,11,17H,4,6,10,12-13H2,1H3,(H,21,22,24)/t17-/m1/s1. The molecule has 2 aromatic rings. The number of aromatic nitrogens is 2. The van der Waals surface area contributed by atoms with Gasteiger partial charge in [-0.2, -0.15) is 0 Å². The van der Waals surface area contributed by atoms with E-state index < -0.39 is 0 Å². The van der Waals surface area contributed by atoms with Gasteiger partial charge in [-0.1, -0.05) is 6.07 Å². The Bertz CT molecular complexity index is 743. The van der Waals surface area contributed by atoms with Crippen LogP contribution in [0.15, 0.2) is 42.7 Å². The molecule has 1 saturated heterocycles. The molecule has 1 atom stereocenters. The minimum absolute atomic E-state index is 0.0503. The smallest absolute Gasteiger partial charge is 0.255 e. The Kier molecular flexibility index (Phi) is 5.91. The van der Waals surface area contributed by atoms with Crippen molar-refractivity contribution in [2.45, 2.75) is 32.4 Å². The molecule has 3 rings (SSSR count). The topological polar surface area (TPSA) is 84.4 Å². The first kappa shape index (κ1) is 18.0. The third-order valence-corrected chi connectivity index (χ3v) is 4.13. The number of carbonyl (C=O) groups excluding carboxylic acids is 2. The number of hydrogen-bond acceptors (Lipinski definition) is 5. The molecule has 0 aromatic carbocycles. The van der Waals surface area contributed by atoms with E-state index in [4.69, 9.17) is 4.74 Å². The van der Waals surface area contributed by atoms with Crippen LogP contribution in [0.1, 0.15) is 35.8 Å². The lowest BCUT2D eigenvalue weighted by Crippen LogP contribution is -2.37. The van der Waals surface area contributed by atoms with Crippen LogP contribution in [-0.2, 0) is 16.1 Å². The van der Waals surface area contributed by atoms with Crippen molar-refractivity contribution in [2.24, 2.45) is 0 Å². The van der Waals surface area contributed by atoms with E-state index >= 15 is 0 Å². The summed E-state index contributed by atoms with van der Waals surface area (Å²) in [5.74, 6) is 0.0872. The summed E-state index contributed by atoms with van der Waals surface area (Å²) < 4.78 is 5.69. The second-order valence-corrected chi connectivity index (χ2v) is 6.26. The molecule has 0 bridgehead atoms. The van der Waals surface area contributed by atoms with Gasteiger partial charge in [0.1, 0.15) is 5.82 Å². The van der Waals surface area contributed by atoms with Gasteiger partial charge in [-0.05, 0) is 37.1 Å². The molecule has 26 heavy (non-hydrogen) atoms. The van der Waals surface area contributed by atoms with Crippen LogP contribution in [0.25, 0.3) is 0 Å². The maximum absolute atomic E-state index is 13.0. The largest absolute Gasteiger partial charge is 0.376 e. The third kappa shape index (κ3) is 4.86. The lowest BCUT2D eigenvalue weighted by atomic mass is 10.2. The molecule has 136 valence electrons. The number of amides is 2. The Morgan fingerprint density at radius 3 is 2.77 bits per heavy atom.